The molecule has 1 amide bonds. The van der Waals surface area contributed by atoms with Crippen LogP contribution in [0.3, 0.4) is 0 Å². The largest absolute Gasteiger partial charge is 0.395 e. The number of aromatic amines is 1. The molecule has 2 aromatic rings. The summed E-state index contributed by atoms with van der Waals surface area (Å²) in [6.07, 6.45) is 0. The van der Waals surface area contributed by atoms with E-state index >= 15 is 0 Å². The number of H-pyrrole nitrogens is 1. The standard InChI is InChI=1S/C13H13Cl2FN4O/c1-5(2)11-10(17)12(20-19-11)13(21)18-6-3-7(14)9(16)8(15)4-6/h3-5H,17H2,1-2H3,(H,18,21)(H,19,20). The van der Waals surface area contributed by atoms with Crippen LogP contribution in [0, 0.1) is 5.82 Å². The van der Waals surface area contributed by atoms with Gasteiger partial charge < -0.3 is 11.1 Å². The molecule has 0 aliphatic rings. The monoisotopic (exact) mass is 330 g/mol. The molecule has 0 atom stereocenters. The van der Waals surface area contributed by atoms with Crippen molar-refractivity contribution in [3.8, 4) is 0 Å². The topological polar surface area (TPSA) is 83.8 Å². The van der Waals surface area contributed by atoms with Crippen molar-refractivity contribution in [2.24, 2.45) is 0 Å². The third-order valence-corrected chi connectivity index (χ3v) is 3.42. The molecule has 0 unspecified atom stereocenters. The van der Waals surface area contributed by atoms with Gasteiger partial charge in [0.1, 0.15) is 0 Å². The minimum atomic E-state index is -0.738. The summed E-state index contributed by atoms with van der Waals surface area (Å²) < 4.78 is 13.3. The zero-order valence-corrected chi connectivity index (χ0v) is 12.8. The van der Waals surface area contributed by atoms with Crippen molar-refractivity contribution in [3.63, 3.8) is 0 Å². The van der Waals surface area contributed by atoms with E-state index in [1.54, 1.807) is 0 Å². The molecule has 2 rings (SSSR count). The molecule has 21 heavy (non-hydrogen) atoms. The summed E-state index contributed by atoms with van der Waals surface area (Å²) in [4.78, 5) is 12.1. The fourth-order valence-electron chi connectivity index (χ4n) is 1.80. The number of nitrogens with zero attached hydrogens (tertiary/aromatic N) is 1. The van der Waals surface area contributed by atoms with Crippen molar-refractivity contribution < 1.29 is 9.18 Å². The maximum Gasteiger partial charge on any atom is 0.278 e. The second-order valence-electron chi connectivity index (χ2n) is 4.76. The number of hydrogen-bond donors (Lipinski definition) is 3. The molecule has 1 aromatic heterocycles. The maximum absolute atomic E-state index is 13.3. The highest BCUT2D eigenvalue weighted by Gasteiger charge is 2.19. The number of amides is 1. The fourth-order valence-corrected chi connectivity index (χ4v) is 2.28. The van der Waals surface area contributed by atoms with Gasteiger partial charge in [-0.25, -0.2) is 4.39 Å². The van der Waals surface area contributed by atoms with Crippen molar-refractivity contribution in [3.05, 3.63) is 39.4 Å². The van der Waals surface area contributed by atoms with Crippen LogP contribution < -0.4 is 11.1 Å². The van der Waals surface area contributed by atoms with Gasteiger partial charge in [-0.3, -0.25) is 9.89 Å². The molecule has 0 bridgehead atoms. The summed E-state index contributed by atoms with van der Waals surface area (Å²) in [6.45, 7) is 3.84. The van der Waals surface area contributed by atoms with Gasteiger partial charge >= 0.3 is 0 Å². The van der Waals surface area contributed by atoms with E-state index in [-0.39, 0.29) is 33.0 Å². The Bertz CT molecular complexity index is 676. The van der Waals surface area contributed by atoms with Crippen molar-refractivity contribution in [2.45, 2.75) is 19.8 Å². The maximum atomic E-state index is 13.3. The lowest BCUT2D eigenvalue weighted by molar-refractivity contribution is 0.102. The molecular formula is C13H13Cl2FN4O. The highest BCUT2D eigenvalue weighted by Crippen LogP contribution is 2.28. The highest BCUT2D eigenvalue weighted by atomic mass is 35.5. The summed E-state index contributed by atoms with van der Waals surface area (Å²) >= 11 is 11.3. The number of hydrogen-bond acceptors (Lipinski definition) is 3. The van der Waals surface area contributed by atoms with Gasteiger partial charge in [0.05, 0.1) is 21.4 Å². The van der Waals surface area contributed by atoms with Crippen molar-refractivity contribution in [1.82, 2.24) is 10.2 Å². The number of nitrogen functional groups attached to an aromatic ring is 1. The van der Waals surface area contributed by atoms with Gasteiger partial charge in [0.2, 0.25) is 0 Å². The van der Waals surface area contributed by atoms with E-state index in [9.17, 15) is 9.18 Å². The molecule has 0 spiro atoms. The predicted molar refractivity (Wildman–Crippen MR) is 81.5 cm³/mol. The lowest BCUT2D eigenvalue weighted by Crippen LogP contribution is -2.14. The molecule has 1 heterocycles. The molecule has 0 aliphatic heterocycles. The van der Waals surface area contributed by atoms with Crippen molar-refractivity contribution >= 4 is 40.5 Å². The van der Waals surface area contributed by atoms with Crippen LogP contribution in [0.5, 0.6) is 0 Å². The Morgan fingerprint density at radius 1 is 1.38 bits per heavy atom. The van der Waals surface area contributed by atoms with Gasteiger partial charge in [-0.2, -0.15) is 5.10 Å². The molecule has 0 saturated heterocycles. The Hall–Kier alpha value is -1.79. The van der Waals surface area contributed by atoms with Crippen LogP contribution in [0.2, 0.25) is 10.0 Å². The average molecular weight is 331 g/mol. The number of nitrogens with one attached hydrogen (secondary N) is 2. The van der Waals surface area contributed by atoms with Gasteiger partial charge in [0.25, 0.3) is 5.91 Å². The fraction of sp³-hybridized carbons (Fsp3) is 0.231. The summed E-state index contributed by atoms with van der Waals surface area (Å²) in [5.74, 6) is -1.17. The van der Waals surface area contributed by atoms with Crippen LogP contribution >= 0.6 is 23.2 Å². The van der Waals surface area contributed by atoms with Gasteiger partial charge in [-0.15, -0.1) is 0 Å². The van der Waals surface area contributed by atoms with E-state index in [0.717, 1.165) is 0 Å². The molecule has 4 N–H and O–H groups in total. The molecule has 0 radical (unpaired) electrons. The number of rotatable bonds is 3. The van der Waals surface area contributed by atoms with Gasteiger partial charge in [0, 0.05) is 5.69 Å². The number of nitrogens with two attached hydrogens (primary N) is 1. The number of halogens is 3. The highest BCUT2D eigenvalue weighted by molar-refractivity contribution is 6.35. The summed E-state index contributed by atoms with van der Waals surface area (Å²) in [6, 6.07) is 2.51. The zero-order chi connectivity index (χ0) is 15.7. The Morgan fingerprint density at radius 3 is 2.43 bits per heavy atom. The first-order chi connectivity index (χ1) is 9.81. The Morgan fingerprint density at radius 2 is 1.95 bits per heavy atom. The minimum Gasteiger partial charge on any atom is -0.395 e. The van der Waals surface area contributed by atoms with Crippen LogP contribution in [0.4, 0.5) is 15.8 Å². The van der Waals surface area contributed by atoms with E-state index in [1.807, 2.05) is 13.8 Å². The first-order valence-corrected chi connectivity index (χ1v) is 6.86. The Labute approximate surface area is 130 Å². The molecule has 1 aromatic carbocycles. The summed E-state index contributed by atoms with van der Waals surface area (Å²) in [5.41, 5.74) is 7.15. The third kappa shape index (κ3) is 3.11. The molecule has 0 saturated carbocycles. The molecule has 112 valence electrons. The molecule has 0 aliphatic carbocycles. The number of aromatic nitrogens is 2. The molecular weight excluding hydrogens is 318 g/mol. The van der Waals surface area contributed by atoms with Crippen molar-refractivity contribution in [1.29, 1.82) is 0 Å². The van der Waals surface area contributed by atoms with Crippen molar-refractivity contribution in [2.75, 3.05) is 11.1 Å². The second kappa shape index (κ2) is 5.91. The summed E-state index contributed by atoms with van der Waals surface area (Å²) in [7, 11) is 0. The lowest BCUT2D eigenvalue weighted by atomic mass is 10.1. The lowest BCUT2D eigenvalue weighted by Gasteiger charge is -2.07. The van der Waals surface area contributed by atoms with E-state index < -0.39 is 11.7 Å². The molecule has 0 fully saturated rings. The van der Waals surface area contributed by atoms with Crippen LogP contribution in [0.1, 0.15) is 35.9 Å². The minimum absolute atomic E-state index is 0.0651. The van der Waals surface area contributed by atoms with Crippen LogP contribution in [-0.4, -0.2) is 16.1 Å². The van der Waals surface area contributed by atoms with Crippen LogP contribution in [-0.2, 0) is 0 Å². The number of anilines is 2. The normalized spacial score (nSPS) is 11.0. The predicted octanol–water partition coefficient (Wildman–Crippen LogP) is 3.81. The smallest absolute Gasteiger partial charge is 0.278 e. The Balaban J connectivity index is 2.26. The van der Waals surface area contributed by atoms with Crippen LogP contribution in [0.15, 0.2) is 12.1 Å². The van der Waals surface area contributed by atoms with E-state index in [2.05, 4.69) is 15.5 Å². The molecule has 8 heteroatoms. The van der Waals surface area contributed by atoms with Gasteiger partial charge in [0.15, 0.2) is 11.5 Å². The average Bonchev–Trinajstić information content (AvgIpc) is 2.77. The van der Waals surface area contributed by atoms with Crippen LogP contribution in [0.25, 0.3) is 0 Å². The zero-order valence-electron chi connectivity index (χ0n) is 11.3. The summed E-state index contributed by atoms with van der Waals surface area (Å²) in [5, 5.41) is 8.77. The first-order valence-electron chi connectivity index (χ1n) is 6.11. The first kappa shape index (κ1) is 15.6. The Kier molecular flexibility index (Phi) is 4.39. The van der Waals surface area contributed by atoms with Gasteiger partial charge in [-0.1, -0.05) is 37.0 Å². The number of carbonyl (C=O) groups excluding carboxylic acids is 1. The number of benzene rings is 1. The SMILES string of the molecule is CC(C)c1[nH]nc(C(=O)Nc2cc(Cl)c(F)c(Cl)c2)c1N. The van der Waals surface area contributed by atoms with Gasteiger partial charge in [-0.05, 0) is 18.1 Å². The quantitative estimate of drug-likeness (QED) is 0.748. The van der Waals surface area contributed by atoms with E-state index in [4.69, 9.17) is 28.9 Å². The van der Waals surface area contributed by atoms with E-state index in [0.29, 0.717) is 5.69 Å². The van der Waals surface area contributed by atoms with E-state index in [1.165, 1.54) is 12.1 Å². The third-order valence-electron chi connectivity index (χ3n) is 2.87. The number of carbonyl (C=O) groups is 1. The second-order valence-corrected chi connectivity index (χ2v) is 5.58. The molecule has 5 nitrogen and oxygen atoms in total.